The van der Waals surface area contributed by atoms with Crippen LogP contribution < -0.4 is 10.2 Å². The Kier molecular flexibility index (Phi) is 4.51. The summed E-state index contributed by atoms with van der Waals surface area (Å²) in [6.07, 6.45) is 5.09. The van der Waals surface area contributed by atoms with Crippen LogP contribution in [0.4, 0.5) is 11.6 Å². The Hall–Kier alpha value is -1.32. The Labute approximate surface area is 123 Å². The van der Waals surface area contributed by atoms with Gasteiger partial charge in [0.2, 0.25) is 0 Å². The maximum Gasteiger partial charge on any atom is 0.137 e. The topological polar surface area (TPSA) is 41.1 Å². The van der Waals surface area contributed by atoms with Crippen molar-refractivity contribution in [1.29, 1.82) is 0 Å². The molecule has 1 N–H and O–H groups in total. The first-order valence-corrected chi connectivity index (χ1v) is 7.74. The van der Waals surface area contributed by atoms with Gasteiger partial charge < -0.3 is 10.2 Å². The maximum absolute atomic E-state index is 4.58. The highest BCUT2D eigenvalue weighted by Gasteiger charge is 2.33. The molecule has 1 aliphatic heterocycles. The number of hydrogen-bond donors (Lipinski definition) is 1. The summed E-state index contributed by atoms with van der Waals surface area (Å²) in [4.78, 5) is 11.4. The number of aromatic nitrogens is 2. The fraction of sp³-hybridized carbons (Fsp3) is 0.750. The molecule has 4 heteroatoms. The summed E-state index contributed by atoms with van der Waals surface area (Å²) < 4.78 is 0. The second kappa shape index (κ2) is 5.98. The summed E-state index contributed by atoms with van der Waals surface area (Å²) in [6.45, 7) is 11.4. The smallest absolute Gasteiger partial charge is 0.137 e. The predicted molar refractivity (Wildman–Crippen MR) is 85.3 cm³/mol. The van der Waals surface area contributed by atoms with Gasteiger partial charge in [-0.2, -0.15) is 0 Å². The third kappa shape index (κ3) is 3.05. The molecule has 112 valence electrons. The lowest BCUT2D eigenvalue weighted by Gasteiger charge is -2.28. The van der Waals surface area contributed by atoms with Gasteiger partial charge in [0.05, 0.1) is 0 Å². The lowest BCUT2D eigenvalue weighted by molar-refractivity contribution is 0.263. The van der Waals surface area contributed by atoms with Crippen LogP contribution in [0.15, 0.2) is 6.33 Å². The molecule has 4 nitrogen and oxygen atoms in total. The minimum absolute atomic E-state index is 0.374. The number of rotatable bonds is 4. The summed E-state index contributed by atoms with van der Waals surface area (Å²) in [5.74, 6) is 2.86. The van der Waals surface area contributed by atoms with Gasteiger partial charge in [0, 0.05) is 25.7 Å². The normalized spacial score (nSPS) is 19.4. The maximum atomic E-state index is 4.58. The molecule has 2 heterocycles. The van der Waals surface area contributed by atoms with Gasteiger partial charge in [-0.05, 0) is 24.2 Å². The third-order valence-corrected chi connectivity index (χ3v) is 4.37. The molecule has 1 aliphatic rings. The quantitative estimate of drug-likeness (QED) is 0.915. The second-order valence-electron chi connectivity index (χ2n) is 6.82. The summed E-state index contributed by atoms with van der Waals surface area (Å²) in [5, 5.41) is 3.21. The van der Waals surface area contributed by atoms with E-state index in [1.54, 1.807) is 6.33 Å². The molecule has 1 saturated heterocycles. The molecule has 0 aliphatic carbocycles. The number of nitrogens with zero attached hydrogens (tertiary/aromatic N) is 3. The Morgan fingerprint density at radius 3 is 2.65 bits per heavy atom. The number of hydrogen-bond acceptors (Lipinski definition) is 4. The van der Waals surface area contributed by atoms with Crippen molar-refractivity contribution >= 4 is 11.6 Å². The van der Waals surface area contributed by atoms with E-state index in [1.165, 1.54) is 12.0 Å². The SMILES string of the molecule is CCCc1c(NC)ncnc1N1CCC(C(C)(C)C)C1. The lowest BCUT2D eigenvalue weighted by atomic mass is 9.80. The highest BCUT2D eigenvalue weighted by atomic mass is 15.2. The first-order valence-electron chi connectivity index (χ1n) is 7.74. The zero-order valence-corrected chi connectivity index (χ0v) is 13.5. The van der Waals surface area contributed by atoms with Gasteiger partial charge in [-0.15, -0.1) is 0 Å². The van der Waals surface area contributed by atoms with Crippen LogP contribution in [0.3, 0.4) is 0 Å². The largest absolute Gasteiger partial charge is 0.373 e. The average molecular weight is 276 g/mol. The lowest BCUT2D eigenvalue weighted by Crippen LogP contribution is -2.27. The summed E-state index contributed by atoms with van der Waals surface area (Å²) in [5.41, 5.74) is 1.64. The van der Waals surface area contributed by atoms with Crippen LogP contribution in [0.25, 0.3) is 0 Å². The van der Waals surface area contributed by atoms with Crippen molar-refractivity contribution in [2.75, 3.05) is 30.4 Å². The summed E-state index contributed by atoms with van der Waals surface area (Å²) in [7, 11) is 1.94. The van der Waals surface area contributed by atoms with Crippen molar-refractivity contribution in [2.24, 2.45) is 11.3 Å². The van der Waals surface area contributed by atoms with Crippen LogP contribution in [0.2, 0.25) is 0 Å². The van der Waals surface area contributed by atoms with E-state index in [9.17, 15) is 0 Å². The highest BCUT2D eigenvalue weighted by molar-refractivity contribution is 5.59. The second-order valence-corrected chi connectivity index (χ2v) is 6.82. The molecule has 0 saturated carbocycles. The summed E-state index contributed by atoms with van der Waals surface area (Å²) in [6, 6.07) is 0. The molecule has 1 fully saturated rings. The Morgan fingerprint density at radius 2 is 2.10 bits per heavy atom. The van der Waals surface area contributed by atoms with Gasteiger partial charge in [-0.3, -0.25) is 0 Å². The van der Waals surface area contributed by atoms with E-state index in [-0.39, 0.29) is 0 Å². The molecule has 1 aromatic heterocycles. The Bertz CT molecular complexity index is 450. The monoisotopic (exact) mass is 276 g/mol. The zero-order valence-electron chi connectivity index (χ0n) is 13.5. The van der Waals surface area contributed by atoms with Gasteiger partial charge in [-0.25, -0.2) is 9.97 Å². The van der Waals surface area contributed by atoms with Crippen molar-refractivity contribution in [3.63, 3.8) is 0 Å². The molecule has 0 aromatic carbocycles. The first-order chi connectivity index (χ1) is 9.47. The first kappa shape index (κ1) is 15.1. The van der Waals surface area contributed by atoms with Crippen molar-refractivity contribution in [1.82, 2.24) is 9.97 Å². The van der Waals surface area contributed by atoms with Gasteiger partial charge in [0.15, 0.2) is 0 Å². The van der Waals surface area contributed by atoms with Crippen molar-refractivity contribution < 1.29 is 0 Å². The molecule has 1 aromatic rings. The molecular weight excluding hydrogens is 248 g/mol. The van der Waals surface area contributed by atoms with Crippen LogP contribution in [-0.2, 0) is 6.42 Å². The molecule has 0 radical (unpaired) electrons. The summed E-state index contributed by atoms with van der Waals surface area (Å²) >= 11 is 0. The molecule has 1 unspecified atom stereocenters. The van der Waals surface area contributed by atoms with Crippen LogP contribution >= 0.6 is 0 Å². The van der Waals surface area contributed by atoms with E-state index in [1.807, 2.05) is 7.05 Å². The minimum Gasteiger partial charge on any atom is -0.373 e. The van der Waals surface area contributed by atoms with E-state index < -0.39 is 0 Å². The number of nitrogens with one attached hydrogen (secondary N) is 1. The van der Waals surface area contributed by atoms with E-state index in [2.05, 4.69) is 47.9 Å². The predicted octanol–water partition coefficient (Wildman–Crippen LogP) is 3.34. The van der Waals surface area contributed by atoms with Crippen LogP contribution in [0, 0.1) is 11.3 Å². The van der Waals surface area contributed by atoms with Gasteiger partial charge in [-0.1, -0.05) is 34.1 Å². The van der Waals surface area contributed by atoms with E-state index in [0.717, 1.165) is 43.5 Å². The average Bonchev–Trinajstić information content (AvgIpc) is 2.88. The molecular formula is C16H28N4. The zero-order chi connectivity index (χ0) is 14.8. The fourth-order valence-electron chi connectivity index (χ4n) is 3.03. The van der Waals surface area contributed by atoms with Crippen LogP contribution in [0.5, 0.6) is 0 Å². The van der Waals surface area contributed by atoms with Gasteiger partial charge in [0.25, 0.3) is 0 Å². The Balaban J connectivity index is 2.25. The minimum atomic E-state index is 0.374. The number of anilines is 2. The molecule has 1 atom stereocenters. The molecule has 20 heavy (non-hydrogen) atoms. The Morgan fingerprint density at radius 1 is 1.35 bits per heavy atom. The van der Waals surface area contributed by atoms with Gasteiger partial charge >= 0.3 is 0 Å². The van der Waals surface area contributed by atoms with Crippen molar-refractivity contribution in [3.05, 3.63) is 11.9 Å². The molecule has 0 bridgehead atoms. The van der Waals surface area contributed by atoms with E-state index in [0.29, 0.717) is 5.41 Å². The standard InChI is InChI=1S/C16H28N4/c1-6-7-13-14(17-5)18-11-19-15(13)20-9-8-12(10-20)16(2,3)4/h11-12H,6-10H2,1-5H3,(H,17,18,19). The van der Waals surface area contributed by atoms with Crippen molar-refractivity contribution in [2.45, 2.75) is 47.0 Å². The molecule has 0 spiro atoms. The van der Waals surface area contributed by atoms with Crippen LogP contribution in [0.1, 0.15) is 46.1 Å². The highest BCUT2D eigenvalue weighted by Crippen LogP contribution is 2.36. The van der Waals surface area contributed by atoms with E-state index >= 15 is 0 Å². The van der Waals surface area contributed by atoms with Crippen molar-refractivity contribution in [3.8, 4) is 0 Å². The van der Waals surface area contributed by atoms with Gasteiger partial charge in [0.1, 0.15) is 18.0 Å². The van der Waals surface area contributed by atoms with E-state index in [4.69, 9.17) is 0 Å². The fourth-order valence-corrected chi connectivity index (χ4v) is 3.03. The molecule has 2 rings (SSSR count). The van der Waals surface area contributed by atoms with Crippen LogP contribution in [-0.4, -0.2) is 30.1 Å². The molecule has 0 amide bonds. The third-order valence-electron chi connectivity index (χ3n) is 4.37.